The molecule has 1 aliphatic rings. The van der Waals surface area contributed by atoms with Gasteiger partial charge in [-0.2, -0.15) is 0 Å². The Kier molecular flexibility index (Phi) is 4.64. The third kappa shape index (κ3) is 2.83. The van der Waals surface area contributed by atoms with Crippen molar-refractivity contribution in [2.75, 3.05) is 0 Å². The van der Waals surface area contributed by atoms with Crippen molar-refractivity contribution >= 4 is 22.9 Å². The standard InChI is InChI=1S/C12H20IN/c1-10(2)12(9-11(3)14-13)7-5-4-6-8-12/h4-7,10-11,14H,8-9H2,1-3H3. The van der Waals surface area contributed by atoms with Crippen LogP contribution < -0.4 is 3.53 Å². The molecule has 80 valence electrons. The Balaban J connectivity index is 2.73. The van der Waals surface area contributed by atoms with Crippen molar-refractivity contribution in [1.82, 2.24) is 3.53 Å². The summed E-state index contributed by atoms with van der Waals surface area (Å²) in [4.78, 5) is 0. The van der Waals surface area contributed by atoms with Crippen molar-refractivity contribution in [3.63, 3.8) is 0 Å². The zero-order chi connectivity index (χ0) is 10.6. The van der Waals surface area contributed by atoms with E-state index >= 15 is 0 Å². The monoisotopic (exact) mass is 305 g/mol. The second kappa shape index (κ2) is 5.31. The van der Waals surface area contributed by atoms with Gasteiger partial charge in [0.25, 0.3) is 0 Å². The van der Waals surface area contributed by atoms with E-state index < -0.39 is 0 Å². The predicted octanol–water partition coefficient (Wildman–Crippen LogP) is 3.86. The molecule has 0 aromatic rings. The van der Waals surface area contributed by atoms with Crippen LogP contribution in [0.4, 0.5) is 0 Å². The minimum absolute atomic E-state index is 0.367. The fourth-order valence-corrected chi connectivity index (χ4v) is 2.33. The van der Waals surface area contributed by atoms with Crippen LogP contribution in [-0.2, 0) is 0 Å². The Labute approximate surface area is 102 Å². The van der Waals surface area contributed by atoms with Crippen molar-refractivity contribution in [2.45, 2.75) is 39.7 Å². The van der Waals surface area contributed by atoms with Crippen molar-refractivity contribution in [3.05, 3.63) is 24.3 Å². The zero-order valence-electron chi connectivity index (χ0n) is 9.26. The Bertz CT molecular complexity index is 232. The van der Waals surface area contributed by atoms with Gasteiger partial charge in [0.15, 0.2) is 0 Å². The molecule has 1 nitrogen and oxygen atoms in total. The molecule has 0 aromatic heterocycles. The zero-order valence-corrected chi connectivity index (χ0v) is 11.4. The molecule has 0 radical (unpaired) electrons. The van der Waals surface area contributed by atoms with Gasteiger partial charge in [-0.3, -0.25) is 3.53 Å². The van der Waals surface area contributed by atoms with Crippen molar-refractivity contribution < 1.29 is 0 Å². The molecule has 0 saturated heterocycles. The van der Waals surface area contributed by atoms with E-state index in [0.717, 1.165) is 0 Å². The molecule has 0 spiro atoms. The maximum Gasteiger partial charge on any atom is 0.0172 e. The lowest BCUT2D eigenvalue weighted by Crippen LogP contribution is -2.32. The maximum absolute atomic E-state index is 3.30. The third-order valence-corrected chi connectivity index (χ3v) is 4.26. The van der Waals surface area contributed by atoms with Gasteiger partial charge in [0, 0.05) is 28.9 Å². The van der Waals surface area contributed by atoms with Crippen LogP contribution in [-0.4, -0.2) is 6.04 Å². The number of hydrogen-bond acceptors (Lipinski definition) is 1. The van der Waals surface area contributed by atoms with Crippen LogP contribution in [0.15, 0.2) is 24.3 Å². The molecule has 0 amide bonds. The Morgan fingerprint density at radius 3 is 2.50 bits per heavy atom. The molecule has 0 saturated carbocycles. The van der Waals surface area contributed by atoms with Crippen molar-refractivity contribution in [1.29, 1.82) is 0 Å². The highest BCUT2D eigenvalue weighted by atomic mass is 127. The second-order valence-electron chi connectivity index (χ2n) is 4.59. The van der Waals surface area contributed by atoms with E-state index in [9.17, 15) is 0 Å². The summed E-state index contributed by atoms with van der Waals surface area (Å²) >= 11 is 2.25. The van der Waals surface area contributed by atoms with Crippen LogP contribution in [0.3, 0.4) is 0 Å². The summed E-state index contributed by atoms with van der Waals surface area (Å²) in [6.07, 6.45) is 11.4. The predicted molar refractivity (Wildman–Crippen MR) is 71.4 cm³/mol. The van der Waals surface area contributed by atoms with Gasteiger partial charge in [-0.15, -0.1) is 0 Å². The van der Waals surface area contributed by atoms with E-state index in [1.807, 2.05) is 0 Å². The van der Waals surface area contributed by atoms with Crippen molar-refractivity contribution in [2.24, 2.45) is 11.3 Å². The van der Waals surface area contributed by atoms with Crippen LogP contribution in [0.2, 0.25) is 0 Å². The van der Waals surface area contributed by atoms with E-state index in [4.69, 9.17) is 0 Å². The van der Waals surface area contributed by atoms with Crippen molar-refractivity contribution in [3.8, 4) is 0 Å². The Morgan fingerprint density at radius 2 is 2.07 bits per heavy atom. The molecule has 0 heterocycles. The van der Waals surface area contributed by atoms with Crippen LogP contribution in [0, 0.1) is 11.3 Å². The first-order valence-electron chi connectivity index (χ1n) is 5.31. The number of hydrogen-bond donors (Lipinski definition) is 1. The van der Waals surface area contributed by atoms with Gasteiger partial charge in [-0.05, 0) is 31.1 Å². The topological polar surface area (TPSA) is 12.0 Å². The average Bonchev–Trinajstić information content (AvgIpc) is 2.19. The van der Waals surface area contributed by atoms with Gasteiger partial charge in [-0.25, -0.2) is 0 Å². The number of rotatable bonds is 4. The molecule has 0 bridgehead atoms. The lowest BCUT2D eigenvalue weighted by atomic mass is 9.69. The first-order chi connectivity index (χ1) is 6.60. The van der Waals surface area contributed by atoms with Gasteiger partial charge in [0.2, 0.25) is 0 Å². The summed E-state index contributed by atoms with van der Waals surface area (Å²) in [5.41, 5.74) is 0.367. The van der Waals surface area contributed by atoms with Gasteiger partial charge in [-0.1, -0.05) is 38.2 Å². The first-order valence-corrected chi connectivity index (χ1v) is 6.39. The van der Waals surface area contributed by atoms with Crippen LogP contribution in [0.25, 0.3) is 0 Å². The molecular formula is C12H20IN. The molecule has 2 heteroatoms. The first kappa shape index (κ1) is 12.2. The highest BCUT2D eigenvalue weighted by molar-refractivity contribution is 14.1. The third-order valence-electron chi connectivity index (χ3n) is 3.20. The van der Waals surface area contributed by atoms with E-state index in [1.165, 1.54) is 12.8 Å². The number of halogens is 1. The molecule has 1 rings (SSSR count). The minimum atomic E-state index is 0.367. The summed E-state index contributed by atoms with van der Waals surface area (Å²) in [5, 5.41) is 0. The van der Waals surface area contributed by atoms with Gasteiger partial charge in [0.1, 0.15) is 0 Å². The summed E-state index contributed by atoms with van der Waals surface area (Å²) in [6, 6.07) is 0.578. The quantitative estimate of drug-likeness (QED) is 0.614. The summed E-state index contributed by atoms with van der Waals surface area (Å²) in [7, 11) is 0. The van der Waals surface area contributed by atoms with Crippen LogP contribution >= 0.6 is 22.9 Å². The molecule has 0 aromatic carbocycles. The summed E-state index contributed by atoms with van der Waals surface area (Å²) in [5.74, 6) is 0.705. The lowest BCUT2D eigenvalue weighted by molar-refractivity contribution is 0.228. The summed E-state index contributed by atoms with van der Waals surface area (Å²) in [6.45, 7) is 6.90. The largest absolute Gasteiger partial charge is 0.258 e. The van der Waals surface area contributed by atoms with Gasteiger partial charge in [0.05, 0.1) is 0 Å². The van der Waals surface area contributed by atoms with E-state index in [-0.39, 0.29) is 0 Å². The molecule has 0 aliphatic heterocycles. The van der Waals surface area contributed by atoms with E-state index in [1.54, 1.807) is 0 Å². The summed E-state index contributed by atoms with van der Waals surface area (Å²) < 4.78 is 3.30. The SMILES string of the molecule is CC(CC1(C(C)C)C=CC=CC1)NI. The number of allylic oxidation sites excluding steroid dienone is 4. The smallest absolute Gasteiger partial charge is 0.0172 e. The normalized spacial score (nSPS) is 28.4. The van der Waals surface area contributed by atoms with E-state index in [2.05, 4.69) is 71.5 Å². The van der Waals surface area contributed by atoms with E-state index in [0.29, 0.717) is 17.4 Å². The molecular weight excluding hydrogens is 285 g/mol. The molecule has 0 fully saturated rings. The van der Waals surface area contributed by atoms with Crippen LogP contribution in [0.5, 0.6) is 0 Å². The molecule has 2 unspecified atom stereocenters. The Hall–Kier alpha value is 0.170. The molecule has 14 heavy (non-hydrogen) atoms. The highest BCUT2D eigenvalue weighted by Crippen LogP contribution is 2.40. The average molecular weight is 305 g/mol. The molecule has 2 atom stereocenters. The fraction of sp³-hybridized carbons (Fsp3) is 0.667. The lowest BCUT2D eigenvalue weighted by Gasteiger charge is -2.37. The molecule has 1 N–H and O–H groups in total. The Morgan fingerprint density at radius 1 is 1.36 bits per heavy atom. The van der Waals surface area contributed by atoms with Crippen LogP contribution in [0.1, 0.15) is 33.6 Å². The maximum atomic E-state index is 3.30. The van der Waals surface area contributed by atoms with Gasteiger partial charge < -0.3 is 0 Å². The van der Waals surface area contributed by atoms with Gasteiger partial charge >= 0.3 is 0 Å². The number of nitrogens with one attached hydrogen (secondary N) is 1. The second-order valence-corrected chi connectivity index (χ2v) is 5.22. The fourth-order valence-electron chi connectivity index (χ4n) is 2.11. The molecule has 1 aliphatic carbocycles. The highest BCUT2D eigenvalue weighted by Gasteiger charge is 2.32. The minimum Gasteiger partial charge on any atom is -0.258 e.